The Kier molecular flexibility index (Phi) is 3.24. The van der Waals surface area contributed by atoms with E-state index in [9.17, 15) is 4.79 Å². The SMILES string of the molecule is [CH2]C(CC)OC(C)=O. The summed E-state index contributed by atoms with van der Waals surface area (Å²) in [5.74, 6) is -0.258. The molecule has 0 amide bonds. The second kappa shape index (κ2) is 3.47. The van der Waals surface area contributed by atoms with Gasteiger partial charge in [0.1, 0.15) is 6.10 Å². The van der Waals surface area contributed by atoms with E-state index in [1.54, 1.807) is 0 Å². The van der Waals surface area contributed by atoms with Crippen LogP contribution in [-0.4, -0.2) is 12.1 Å². The maximum atomic E-state index is 10.2. The van der Waals surface area contributed by atoms with Crippen LogP contribution in [0, 0.1) is 6.92 Å². The molecule has 0 aliphatic carbocycles. The molecule has 2 heteroatoms. The standard InChI is InChI=1S/C6H11O2/c1-4-5(2)8-6(3)7/h5H,2,4H2,1,3H3. The summed E-state index contributed by atoms with van der Waals surface area (Å²) < 4.78 is 4.65. The summed E-state index contributed by atoms with van der Waals surface area (Å²) >= 11 is 0. The van der Waals surface area contributed by atoms with E-state index in [0.717, 1.165) is 6.42 Å². The lowest BCUT2D eigenvalue weighted by atomic mass is 10.3. The van der Waals surface area contributed by atoms with Gasteiger partial charge in [-0.2, -0.15) is 0 Å². The van der Waals surface area contributed by atoms with Crippen molar-refractivity contribution >= 4 is 5.97 Å². The van der Waals surface area contributed by atoms with Crippen molar-refractivity contribution in [2.24, 2.45) is 0 Å². The topological polar surface area (TPSA) is 26.3 Å². The van der Waals surface area contributed by atoms with Crippen LogP contribution in [0.1, 0.15) is 20.3 Å². The predicted molar refractivity (Wildman–Crippen MR) is 31.2 cm³/mol. The molecule has 0 fully saturated rings. The van der Waals surface area contributed by atoms with Crippen LogP contribution in [0.3, 0.4) is 0 Å². The molecule has 0 bridgehead atoms. The lowest BCUT2D eigenvalue weighted by Gasteiger charge is -2.06. The number of hydrogen-bond donors (Lipinski definition) is 0. The Labute approximate surface area is 49.8 Å². The van der Waals surface area contributed by atoms with Crippen LogP contribution in [0.15, 0.2) is 0 Å². The second-order valence-corrected chi connectivity index (χ2v) is 1.64. The Morgan fingerprint density at radius 2 is 2.38 bits per heavy atom. The van der Waals surface area contributed by atoms with Crippen LogP contribution < -0.4 is 0 Å². The highest BCUT2D eigenvalue weighted by molar-refractivity contribution is 5.66. The first-order chi connectivity index (χ1) is 3.66. The number of rotatable bonds is 2. The molecule has 0 rings (SSSR count). The minimum Gasteiger partial charge on any atom is -0.463 e. The quantitative estimate of drug-likeness (QED) is 0.505. The van der Waals surface area contributed by atoms with Crippen molar-refractivity contribution in [3.8, 4) is 0 Å². The Morgan fingerprint density at radius 3 is 2.50 bits per heavy atom. The molecule has 1 atom stereocenters. The first-order valence-corrected chi connectivity index (χ1v) is 2.67. The molecule has 0 aliphatic rings. The molecule has 1 radical (unpaired) electrons. The molecule has 2 nitrogen and oxygen atoms in total. The minimum absolute atomic E-state index is 0.174. The van der Waals surface area contributed by atoms with Gasteiger partial charge in [0.25, 0.3) is 0 Å². The van der Waals surface area contributed by atoms with Gasteiger partial charge in [-0.3, -0.25) is 4.79 Å². The van der Waals surface area contributed by atoms with E-state index in [1.165, 1.54) is 6.92 Å². The van der Waals surface area contributed by atoms with Gasteiger partial charge < -0.3 is 4.74 Å². The Bertz CT molecular complexity index is 78.6. The molecule has 0 heterocycles. The number of ether oxygens (including phenoxy) is 1. The van der Waals surface area contributed by atoms with Gasteiger partial charge in [-0.1, -0.05) is 6.92 Å². The molecule has 0 saturated heterocycles. The smallest absolute Gasteiger partial charge is 0.302 e. The molecule has 1 unspecified atom stereocenters. The number of carbonyl (C=O) groups excluding carboxylic acids is 1. The van der Waals surface area contributed by atoms with E-state index < -0.39 is 0 Å². The van der Waals surface area contributed by atoms with Gasteiger partial charge in [0.05, 0.1) is 0 Å². The monoisotopic (exact) mass is 115 g/mol. The van der Waals surface area contributed by atoms with Crippen LogP contribution in [0.2, 0.25) is 0 Å². The van der Waals surface area contributed by atoms with Crippen molar-refractivity contribution in [1.29, 1.82) is 0 Å². The summed E-state index contributed by atoms with van der Waals surface area (Å²) in [6.45, 7) is 6.85. The minimum atomic E-state index is -0.258. The third-order valence-electron chi connectivity index (χ3n) is 0.788. The molecule has 0 aromatic carbocycles. The lowest BCUT2D eigenvalue weighted by Crippen LogP contribution is -2.10. The fraction of sp³-hybridized carbons (Fsp3) is 0.667. The molecular weight excluding hydrogens is 104 g/mol. The van der Waals surface area contributed by atoms with Crippen molar-refractivity contribution in [3.05, 3.63) is 6.92 Å². The average molecular weight is 115 g/mol. The normalized spacial score (nSPS) is 12.9. The first-order valence-electron chi connectivity index (χ1n) is 2.67. The fourth-order valence-corrected chi connectivity index (χ4v) is 0.318. The van der Waals surface area contributed by atoms with Crippen molar-refractivity contribution in [2.45, 2.75) is 26.4 Å². The molecule has 0 aromatic rings. The fourth-order valence-electron chi connectivity index (χ4n) is 0.318. The Hall–Kier alpha value is -0.530. The highest BCUT2D eigenvalue weighted by Gasteiger charge is 1.99. The molecule has 0 saturated carbocycles. The van der Waals surface area contributed by atoms with E-state index in [0.29, 0.717) is 0 Å². The van der Waals surface area contributed by atoms with Gasteiger partial charge >= 0.3 is 5.97 Å². The van der Waals surface area contributed by atoms with Crippen molar-refractivity contribution in [3.63, 3.8) is 0 Å². The molecule has 0 aromatic heterocycles. The van der Waals surface area contributed by atoms with Crippen LogP contribution in [0.4, 0.5) is 0 Å². The molecule has 8 heavy (non-hydrogen) atoms. The van der Waals surface area contributed by atoms with E-state index in [1.807, 2.05) is 6.92 Å². The van der Waals surface area contributed by atoms with Gasteiger partial charge in [-0.25, -0.2) is 0 Å². The van der Waals surface area contributed by atoms with E-state index in [4.69, 9.17) is 0 Å². The zero-order chi connectivity index (χ0) is 6.57. The summed E-state index contributed by atoms with van der Waals surface area (Å²) in [7, 11) is 0. The van der Waals surface area contributed by atoms with Gasteiger partial charge in [-0.05, 0) is 13.3 Å². The summed E-state index contributed by atoms with van der Waals surface area (Å²) in [5.41, 5.74) is 0. The summed E-state index contributed by atoms with van der Waals surface area (Å²) in [6, 6.07) is 0. The average Bonchev–Trinajstić information content (AvgIpc) is 1.65. The maximum Gasteiger partial charge on any atom is 0.302 e. The highest BCUT2D eigenvalue weighted by Crippen LogP contribution is 1.93. The largest absolute Gasteiger partial charge is 0.463 e. The van der Waals surface area contributed by atoms with Crippen LogP contribution >= 0.6 is 0 Å². The summed E-state index contributed by atoms with van der Waals surface area (Å²) in [6.07, 6.45) is 0.604. The van der Waals surface area contributed by atoms with Crippen LogP contribution in [-0.2, 0) is 9.53 Å². The van der Waals surface area contributed by atoms with Gasteiger partial charge in [0.15, 0.2) is 0 Å². The number of hydrogen-bond acceptors (Lipinski definition) is 2. The predicted octanol–water partition coefficient (Wildman–Crippen LogP) is 1.16. The zero-order valence-corrected chi connectivity index (χ0v) is 5.31. The molecule has 0 aliphatic heterocycles. The van der Waals surface area contributed by atoms with E-state index in [2.05, 4.69) is 11.7 Å². The zero-order valence-electron chi connectivity index (χ0n) is 5.31. The molecular formula is C6H11O2. The van der Waals surface area contributed by atoms with Gasteiger partial charge in [0, 0.05) is 6.92 Å². The molecule has 0 spiro atoms. The Morgan fingerprint density at radius 1 is 1.88 bits per heavy atom. The third-order valence-corrected chi connectivity index (χ3v) is 0.788. The second-order valence-electron chi connectivity index (χ2n) is 1.64. The van der Waals surface area contributed by atoms with Gasteiger partial charge in [-0.15, -0.1) is 0 Å². The van der Waals surface area contributed by atoms with Gasteiger partial charge in [0.2, 0.25) is 0 Å². The Balaban J connectivity index is 3.24. The van der Waals surface area contributed by atoms with Crippen molar-refractivity contribution in [1.82, 2.24) is 0 Å². The molecule has 47 valence electrons. The van der Waals surface area contributed by atoms with E-state index in [-0.39, 0.29) is 12.1 Å². The maximum absolute atomic E-state index is 10.2. The first kappa shape index (κ1) is 7.47. The lowest BCUT2D eigenvalue weighted by molar-refractivity contribution is -0.144. The van der Waals surface area contributed by atoms with E-state index >= 15 is 0 Å². The highest BCUT2D eigenvalue weighted by atomic mass is 16.5. The molecule has 0 N–H and O–H groups in total. The van der Waals surface area contributed by atoms with Crippen molar-refractivity contribution < 1.29 is 9.53 Å². The van der Waals surface area contributed by atoms with Crippen LogP contribution in [0.25, 0.3) is 0 Å². The summed E-state index contributed by atoms with van der Waals surface area (Å²) in [4.78, 5) is 10.2. The summed E-state index contributed by atoms with van der Waals surface area (Å²) in [5, 5.41) is 0. The number of carbonyl (C=O) groups is 1. The number of esters is 1. The van der Waals surface area contributed by atoms with Crippen LogP contribution in [0.5, 0.6) is 0 Å². The third kappa shape index (κ3) is 3.65. The van der Waals surface area contributed by atoms with Crippen molar-refractivity contribution in [2.75, 3.05) is 0 Å².